The first-order valence-electron chi connectivity index (χ1n) is 8.99. The Balaban J connectivity index is 1.74. The van der Waals surface area contributed by atoms with Crippen LogP contribution in [0.5, 0.6) is 0 Å². The maximum absolute atomic E-state index is 11.2. The van der Waals surface area contributed by atoms with Crippen LogP contribution in [0.4, 0.5) is 17.2 Å². The lowest BCUT2D eigenvalue weighted by atomic mass is 10.1. The van der Waals surface area contributed by atoms with Crippen molar-refractivity contribution >= 4 is 17.2 Å². The SMILES string of the molecule is O=[N+]([O-])c1ccc(CO)cc1NCc1ccnc(N2CCCCCC2)c1. The molecule has 1 saturated heterocycles. The van der Waals surface area contributed by atoms with Crippen molar-refractivity contribution in [3.05, 3.63) is 57.8 Å². The maximum atomic E-state index is 11.2. The van der Waals surface area contributed by atoms with Gasteiger partial charge in [-0.05, 0) is 48.2 Å². The molecular formula is C19H24N4O3. The molecule has 7 nitrogen and oxygen atoms in total. The highest BCUT2D eigenvalue weighted by Gasteiger charge is 2.15. The van der Waals surface area contributed by atoms with Crippen LogP contribution in [0.2, 0.25) is 0 Å². The molecule has 0 unspecified atom stereocenters. The van der Waals surface area contributed by atoms with Crippen LogP contribution in [0.1, 0.15) is 36.8 Å². The van der Waals surface area contributed by atoms with Crippen LogP contribution in [0, 0.1) is 10.1 Å². The number of nitro groups is 1. The highest BCUT2D eigenvalue weighted by Crippen LogP contribution is 2.26. The van der Waals surface area contributed by atoms with Gasteiger partial charge >= 0.3 is 0 Å². The molecule has 0 aliphatic carbocycles. The molecule has 138 valence electrons. The van der Waals surface area contributed by atoms with E-state index in [2.05, 4.69) is 15.2 Å². The summed E-state index contributed by atoms with van der Waals surface area (Å²) in [6.45, 7) is 2.35. The van der Waals surface area contributed by atoms with E-state index in [1.54, 1.807) is 18.3 Å². The molecule has 0 amide bonds. The van der Waals surface area contributed by atoms with Crippen molar-refractivity contribution in [1.82, 2.24) is 4.98 Å². The summed E-state index contributed by atoms with van der Waals surface area (Å²) < 4.78 is 0. The van der Waals surface area contributed by atoms with Crippen molar-refractivity contribution in [2.24, 2.45) is 0 Å². The maximum Gasteiger partial charge on any atom is 0.292 e. The van der Waals surface area contributed by atoms with Crippen molar-refractivity contribution in [3.8, 4) is 0 Å². The monoisotopic (exact) mass is 356 g/mol. The number of nitrogens with one attached hydrogen (secondary N) is 1. The molecule has 26 heavy (non-hydrogen) atoms. The van der Waals surface area contributed by atoms with Crippen LogP contribution in [-0.4, -0.2) is 28.1 Å². The number of nitrogens with zero attached hydrogens (tertiary/aromatic N) is 3. The topological polar surface area (TPSA) is 91.5 Å². The van der Waals surface area contributed by atoms with Gasteiger partial charge < -0.3 is 15.3 Å². The van der Waals surface area contributed by atoms with E-state index in [0.29, 0.717) is 17.8 Å². The van der Waals surface area contributed by atoms with E-state index in [4.69, 9.17) is 0 Å². The molecule has 0 radical (unpaired) electrons. The Morgan fingerprint density at radius 1 is 1.12 bits per heavy atom. The van der Waals surface area contributed by atoms with Crippen LogP contribution < -0.4 is 10.2 Å². The van der Waals surface area contributed by atoms with E-state index >= 15 is 0 Å². The average molecular weight is 356 g/mol. The lowest BCUT2D eigenvalue weighted by Gasteiger charge is -2.21. The zero-order valence-electron chi connectivity index (χ0n) is 14.7. The number of nitro benzene ring substituents is 1. The Kier molecular flexibility index (Phi) is 6.01. The predicted octanol–water partition coefficient (Wildman–Crippen LogP) is 3.47. The van der Waals surface area contributed by atoms with E-state index in [0.717, 1.165) is 24.5 Å². The minimum Gasteiger partial charge on any atom is -0.392 e. The van der Waals surface area contributed by atoms with Crippen molar-refractivity contribution in [2.75, 3.05) is 23.3 Å². The molecule has 3 rings (SSSR count). The first-order chi connectivity index (χ1) is 12.7. The quantitative estimate of drug-likeness (QED) is 0.608. The summed E-state index contributed by atoms with van der Waals surface area (Å²) in [6.07, 6.45) is 6.69. The van der Waals surface area contributed by atoms with Gasteiger partial charge in [0.05, 0.1) is 11.5 Å². The molecule has 0 bridgehead atoms. The summed E-state index contributed by atoms with van der Waals surface area (Å²) in [6, 6.07) is 8.56. The summed E-state index contributed by atoms with van der Waals surface area (Å²) >= 11 is 0. The molecule has 0 atom stereocenters. The van der Waals surface area contributed by atoms with Crippen LogP contribution >= 0.6 is 0 Å². The van der Waals surface area contributed by atoms with E-state index < -0.39 is 4.92 Å². The molecule has 7 heteroatoms. The molecule has 1 aliphatic heterocycles. The van der Waals surface area contributed by atoms with Gasteiger partial charge in [-0.15, -0.1) is 0 Å². The molecule has 0 spiro atoms. The fourth-order valence-corrected chi connectivity index (χ4v) is 3.22. The van der Waals surface area contributed by atoms with Gasteiger partial charge in [-0.2, -0.15) is 0 Å². The second kappa shape index (κ2) is 8.62. The minimum atomic E-state index is -0.418. The number of hydrogen-bond acceptors (Lipinski definition) is 6. The number of pyridine rings is 1. The van der Waals surface area contributed by atoms with Crippen molar-refractivity contribution in [1.29, 1.82) is 0 Å². The largest absolute Gasteiger partial charge is 0.392 e. The molecule has 0 saturated carbocycles. The fourth-order valence-electron chi connectivity index (χ4n) is 3.22. The number of aliphatic hydroxyl groups excluding tert-OH is 1. The third-order valence-corrected chi connectivity index (χ3v) is 4.66. The number of benzene rings is 1. The highest BCUT2D eigenvalue weighted by atomic mass is 16.6. The first-order valence-corrected chi connectivity index (χ1v) is 8.99. The lowest BCUT2D eigenvalue weighted by molar-refractivity contribution is -0.384. The summed E-state index contributed by atoms with van der Waals surface area (Å²) in [4.78, 5) is 17.6. The number of rotatable bonds is 6. The Bertz CT molecular complexity index is 758. The first kappa shape index (κ1) is 18.1. The van der Waals surface area contributed by atoms with Crippen LogP contribution in [0.3, 0.4) is 0 Å². The summed E-state index contributed by atoms with van der Waals surface area (Å²) in [5.74, 6) is 0.963. The van der Waals surface area contributed by atoms with Gasteiger partial charge in [0, 0.05) is 31.9 Å². The Morgan fingerprint density at radius 3 is 2.58 bits per heavy atom. The summed E-state index contributed by atoms with van der Waals surface area (Å²) in [7, 11) is 0. The van der Waals surface area contributed by atoms with E-state index in [9.17, 15) is 15.2 Å². The third kappa shape index (κ3) is 4.49. The molecule has 2 N–H and O–H groups in total. The van der Waals surface area contributed by atoms with Crippen LogP contribution in [0.15, 0.2) is 36.5 Å². The predicted molar refractivity (Wildman–Crippen MR) is 101 cm³/mol. The standard InChI is InChI=1S/C19H24N4O3/c24-14-16-5-6-18(23(25)26)17(11-16)21-13-15-7-8-20-19(12-15)22-9-3-1-2-4-10-22/h5-8,11-12,21,24H,1-4,9-10,13-14H2. The zero-order chi connectivity index (χ0) is 18.4. The van der Waals surface area contributed by atoms with E-state index in [1.807, 2.05) is 12.1 Å². The summed E-state index contributed by atoms with van der Waals surface area (Å²) in [5.41, 5.74) is 2.07. The third-order valence-electron chi connectivity index (χ3n) is 4.66. The smallest absolute Gasteiger partial charge is 0.292 e. The summed E-state index contributed by atoms with van der Waals surface area (Å²) in [5, 5.41) is 23.6. The van der Waals surface area contributed by atoms with Gasteiger partial charge in [0.15, 0.2) is 0 Å². The Labute approximate surface area is 152 Å². The van der Waals surface area contributed by atoms with Gasteiger partial charge in [0.1, 0.15) is 11.5 Å². The highest BCUT2D eigenvalue weighted by molar-refractivity contribution is 5.63. The molecule has 1 aromatic carbocycles. The zero-order valence-corrected chi connectivity index (χ0v) is 14.7. The molecule has 1 aromatic heterocycles. The Morgan fingerprint density at radius 2 is 1.88 bits per heavy atom. The molecule has 1 aliphatic rings. The van der Waals surface area contributed by atoms with Gasteiger partial charge in [-0.3, -0.25) is 10.1 Å². The second-order valence-electron chi connectivity index (χ2n) is 6.54. The van der Waals surface area contributed by atoms with Crippen molar-refractivity contribution in [3.63, 3.8) is 0 Å². The normalized spacial score (nSPS) is 14.7. The number of aromatic nitrogens is 1. The molecule has 2 aromatic rings. The van der Waals surface area contributed by atoms with Crippen LogP contribution in [-0.2, 0) is 13.2 Å². The fraction of sp³-hybridized carbons (Fsp3) is 0.421. The Hall–Kier alpha value is -2.67. The molecular weight excluding hydrogens is 332 g/mol. The number of hydrogen-bond donors (Lipinski definition) is 2. The molecule has 1 fully saturated rings. The van der Waals surface area contributed by atoms with Crippen molar-refractivity contribution < 1.29 is 10.0 Å². The van der Waals surface area contributed by atoms with E-state index in [1.165, 1.54) is 31.7 Å². The van der Waals surface area contributed by atoms with Gasteiger partial charge in [0.2, 0.25) is 0 Å². The minimum absolute atomic E-state index is 0.00370. The van der Waals surface area contributed by atoms with Gasteiger partial charge in [-0.1, -0.05) is 12.8 Å². The lowest BCUT2D eigenvalue weighted by Crippen LogP contribution is -2.25. The number of aliphatic hydroxyl groups is 1. The average Bonchev–Trinajstić information content (AvgIpc) is 2.95. The van der Waals surface area contributed by atoms with E-state index in [-0.39, 0.29) is 12.3 Å². The second-order valence-corrected chi connectivity index (χ2v) is 6.54. The van der Waals surface area contributed by atoms with Crippen molar-refractivity contribution in [2.45, 2.75) is 38.8 Å². The van der Waals surface area contributed by atoms with Gasteiger partial charge in [0.25, 0.3) is 5.69 Å². The molecule has 2 heterocycles. The van der Waals surface area contributed by atoms with Gasteiger partial charge in [-0.25, -0.2) is 4.98 Å². The van der Waals surface area contributed by atoms with Crippen LogP contribution in [0.25, 0.3) is 0 Å². The number of anilines is 2.